The standard InChI is InChI=1S/C14H8BrFN2O2/c15-7-1-3-9-10(5-7)14(20)18(13(9)19)12-6-8(17)2-4-11(12)16/h1-6H,17H2. The van der Waals surface area contributed by atoms with Crippen molar-refractivity contribution in [3.63, 3.8) is 0 Å². The molecule has 1 aliphatic rings. The molecule has 3 rings (SSSR count). The second-order valence-electron chi connectivity index (χ2n) is 4.35. The maximum atomic E-state index is 13.9. The number of benzene rings is 2. The number of halogens is 2. The molecule has 0 spiro atoms. The van der Waals surface area contributed by atoms with Crippen LogP contribution in [0, 0.1) is 5.82 Å². The Labute approximate surface area is 122 Å². The Kier molecular flexibility index (Phi) is 2.83. The van der Waals surface area contributed by atoms with E-state index < -0.39 is 17.6 Å². The molecule has 0 aromatic heterocycles. The summed E-state index contributed by atoms with van der Waals surface area (Å²) < 4.78 is 14.5. The van der Waals surface area contributed by atoms with Crippen LogP contribution in [0.5, 0.6) is 0 Å². The van der Waals surface area contributed by atoms with Gasteiger partial charge in [-0.15, -0.1) is 0 Å². The molecule has 0 saturated carbocycles. The van der Waals surface area contributed by atoms with Gasteiger partial charge in [0.25, 0.3) is 11.8 Å². The number of rotatable bonds is 1. The minimum Gasteiger partial charge on any atom is -0.399 e. The highest BCUT2D eigenvalue weighted by Crippen LogP contribution is 2.32. The van der Waals surface area contributed by atoms with E-state index in [0.29, 0.717) is 4.47 Å². The van der Waals surface area contributed by atoms with Gasteiger partial charge in [-0.2, -0.15) is 0 Å². The van der Waals surface area contributed by atoms with E-state index in [1.165, 1.54) is 18.2 Å². The summed E-state index contributed by atoms with van der Waals surface area (Å²) in [6.07, 6.45) is 0. The molecule has 1 aliphatic heterocycles. The van der Waals surface area contributed by atoms with E-state index in [2.05, 4.69) is 15.9 Å². The van der Waals surface area contributed by atoms with Crippen LogP contribution in [0.4, 0.5) is 15.8 Å². The lowest BCUT2D eigenvalue weighted by Gasteiger charge is -2.15. The van der Waals surface area contributed by atoms with Crippen molar-refractivity contribution in [2.45, 2.75) is 0 Å². The number of nitrogen functional groups attached to an aromatic ring is 1. The summed E-state index contributed by atoms with van der Waals surface area (Å²) in [6, 6.07) is 8.50. The average molecular weight is 335 g/mol. The first kappa shape index (κ1) is 12.8. The topological polar surface area (TPSA) is 63.4 Å². The van der Waals surface area contributed by atoms with Crippen LogP contribution in [0.2, 0.25) is 0 Å². The van der Waals surface area contributed by atoms with Gasteiger partial charge in [0.15, 0.2) is 0 Å². The summed E-state index contributed by atoms with van der Waals surface area (Å²) in [7, 11) is 0. The Morgan fingerprint density at radius 1 is 1.00 bits per heavy atom. The number of amides is 2. The van der Waals surface area contributed by atoms with E-state index in [-0.39, 0.29) is 22.5 Å². The zero-order chi connectivity index (χ0) is 14.4. The molecule has 0 bridgehead atoms. The molecule has 0 fully saturated rings. The molecule has 20 heavy (non-hydrogen) atoms. The summed E-state index contributed by atoms with van der Waals surface area (Å²) in [5.74, 6) is -1.79. The van der Waals surface area contributed by atoms with Gasteiger partial charge in [-0.1, -0.05) is 15.9 Å². The van der Waals surface area contributed by atoms with Crippen molar-refractivity contribution >= 4 is 39.1 Å². The monoisotopic (exact) mass is 334 g/mol. The van der Waals surface area contributed by atoms with Gasteiger partial charge in [-0.25, -0.2) is 9.29 Å². The third-order valence-electron chi connectivity index (χ3n) is 3.06. The fraction of sp³-hybridized carbons (Fsp3) is 0. The summed E-state index contributed by atoms with van der Waals surface area (Å²) in [5, 5.41) is 0. The Morgan fingerprint density at radius 2 is 1.70 bits per heavy atom. The number of nitrogens with zero attached hydrogens (tertiary/aromatic N) is 1. The minimum absolute atomic E-state index is 0.132. The van der Waals surface area contributed by atoms with Gasteiger partial charge in [0, 0.05) is 10.2 Å². The Hall–Kier alpha value is -2.21. The van der Waals surface area contributed by atoms with Crippen LogP contribution >= 0.6 is 15.9 Å². The summed E-state index contributed by atoms with van der Waals surface area (Å²) in [6.45, 7) is 0. The van der Waals surface area contributed by atoms with E-state index in [0.717, 1.165) is 11.0 Å². The molecule has 0 atom stereocenters. The molecule has 2 aromatic carbocycles. The van der Waals surface area contributed by atoms with Crippen molar-refractivity contribution < 1.29 is 14.0 Å². The number of imide groups is 1. The third-order valence-corrected chi connectivity index (χ3v) is 3.55. The van der Waals surface area contributed by atoms with Gasteiger partial charge in [0.1, 0.15) is 5.82 Å². The number of anilines is 2. The van der Waals surface area contributed by atoms with Crippen molar-refractivity contribution in [1.82, 2.24) is 0 Å². The smallest absolute Gasteiger partial charge is 0.266 e. The number of carbonyl (C=O) groups excluding carboxylic acids is 2. The number of carbonyl (C=O) groups is 2. The quantitative estimate of drug-likeness (QED) is 0.644. The highest BCUT2D eigenvalue weighted by atomic mass is 79.9. The molecule has 100 valence electrons. The van der Waals surface area contributed by atoms with Crippen LogP contribution in [0.1, 0.15) is 20.7 Å². The van der Waals surface area contributed by atoms with Crippen LogP contribution in [-0.2, 0) is 0 Å². The summed E-state index contributed by atoms with van der Waals surface area (Å²) in [5.41, 5.74) is 6.23. The Bertz CT molecular complexity index is 761. The zero-order valence-corrected chi connectivity index (χ0v) is 11.6. The first-order valence-corrected chi connectivity index (χ1v) is 6.51. The number of hydrogen-bond donors (Lipinski definition) is 1. The van der Waals surface area contributed by atoms with Gasteiger partial charge >= 0.3 is 0 Å². The lowest BCUT2D eigenvalue weighted by atomic mass is 10.1. The second-order valence-corrected chi connectivity index (χ2v) is 5.26. The lowest BCUT2D eigenvalue weighted by molar-refractivity contribution is 0.0925. The highest BCUT2D eigenvalue weighted by molar-refractivity contribution is 9.10. The molecule has 0 unspecified atom stereocenters. The predicted octanol–water partition coefficient (Wildman–Crippen LogP) is 2.97. The SMILES string of the molecule is Nc1ccc(F)c(N2C(=O)c3ccc(Br)cc3C2=O)c1. The van der Waals surface area contributed by atoms with Crippen molar-refractivity contribution in [2.75, 3.05) is 10.6 Å². The molecule has 2 aromatic rings. The van der Waals surface area contributed by atoms with Crippen LogP contribution in [0.25, 0.3) is 0 Å². The number of nitrogens with two attached hydrogens (primary N) is 1. The van der Waals surface area contributed by atoms with Gasteiger partial charge in [-0.05, 0) is 36.4 Å². The van der Waals surface area contributed by atoms with Gasteiger partial charge in [-0.3, -0.25) is 9.59 Å². The van der Waals surface area contributed by atoms with Crippen LogP contribution < -0.4 is 10.6 Å². The molecule has 6 heteroatoms. The van der Waals surface area contributed by atoms with E-state index in [1.54, 1.807) is 12.1 Å². The Morgan fingerprint density at radius 3 is 2.45 bits per heavy atom. The molecular weight excluding hydrogens is 327 g/mol. The fourth-order valence-corrected chi connectivity index (χ4v) is 2.49. The van der Waals surface area contributed by atoms with Crippen LogP contribution in [0.3, 0.4) is 0 Å². The van der Waals surface area contributed by atoms with E-state index in [1.807, 2.05) is 0 Å². The molecule has 0 radical (unpaired) electrons. The Balaban J connectivity index is 2.16. The van der Waals surface area contributed by atoms with Gasteiger partial charge in [0.2, 0.25) is 0 Å². The van der Waals surface area contributed by atoms with Crippen molar-refractivity contribution in [3.05, 3.63) is 57.8 Å². The maximum Gasteiger partial charge on any atom is 0.266 e. The van der Waals surface area contributed by atoms with Crippen LogP contribution in [-0.4, -0.2) is 11.8 Å². The summed E-state index contributed by atoms with van der Waals surface area (Å²) >= 11 is 3.24. The van der Waals surface area contributed by atoms with E-state index in [4.69, 9.17) is 5.73 Å². The molecule has 0 saturated heterocycles. The third kappa shape index (κ3) is 1.80. The number of hydrogen-bond acceptors (Lipinski definition) is 3. The first-order valence-electron chi connectivity index (χ1n) is 5.72. The lowest BCUT2D eigenvalue weighted by Crippen LogP contribution is -2.30. The molecule has 1 heterocycles. The zero-order valence-electron chi connectivity index (χ0n) is 10.1. The predicted molar refractivity (Wildman–Crippen MR) is 76.1 cm³/mol. The van der Waals surface area contributed by atoms with Crippen molar-refractivity contribution in [2.24, 2.45) is 0 Å². The maximum absolute atomic E-state index is 13.9. The van der Waals surface area contributed by atoms with Crippen molar-refractivity contribution in [1.29, 1.82) is 0 Å². The molecule has 0 aliphatic carbocycles. The van der Waals surface area contributed by atoms with Gasteiger partial charge in [0.05, 0.1) is 16.8 Å². The molecule has 2 N–H and O–H groups in total. The fourth-order valence-electron chi connectivity index (χ4n) is 2.13. The van der Waals surface area contributed by atoms with Crippen molar-refractivity contribution in [3.8, 4) is 0 Å². The largest absolute Gasteiger partial charge is 0.399 e. The van der Waals surface area contributed by atoms with E-state index >= 15 is 0 Å². The summed E-state index contributed by atoms with van der Waals surface area (Å²) in [4.78, 5) is 25.4. The van der Waals surface area contributed by atoms with Gasteiger partial charge < -0.3 is 5.73 Å². The number of fused-ring (bicyclic) bond motifs is 1. The first-order chi connectivity index (χ1) is 9.49. The normalized spacial score (nSPS) is 13.8. The minimum atomic E-state index is -0.673. The molecule has 2 amide bonds. The second kappa shape index (κ2) is 4.42. The highest BCUT2D eigenvalue weighted by Gasteiger charge is 2.38. The van der Waals surface area contributed by atoms with Crippen LogP contribution in [0.15, 0.2) is 40.9 Å². The molecular formula is C14H8BrFN2O2. The molecule has 4 nitrogen and oxygen atoms in total. The van der Waals surface area contributed by atoms with E-state index in [9.17, 15) is 14.0 Å². The average Bonchev–Trinajstić information content (AvgIpc) is 2.65.